The Bertz CT molecular complexity index is 1160. The van der Waals surface area contributed by atoms with Crippen molar-refractivity contribution in [1.29, 1.82) is 0 Å². The van der Waals surface area contributed by atoms with Crippen LogP contribution in [-0.4, -0.2) is 24.6 Å². The molecular weight excluding hydrogens is 418 g/mol. The molecule has 0 saturated heterocycles. The quantitative estimate of drug-likeness (QED) is 0.695. The second kappa shape index (κ2) is 8.43. The van der Waals surface area contributed by atoms with Crippen molar-refractivity contribution in [3.8, 4) is 11.5 Å². The highest BCUT2D eigenvalue weighted by molar-refractivity contribution is 5.96. The van der Waals surface area contributed by atoms with Gasteiger partial charge in [-0.2, -0.15) is 0 Å². The van der Waals surface area contributed by atoms with E-state index in [9.17, 15) is 9.59 Å². The number of hydrogen-bond donors (Lipinski definition) is 1. The molecule has 3 atom stereocenters. The van der Waals surface area contributed by atoms with Gasteiger partial charge in [-0.05, 0) is 44.0 Å². The molecule has 0 radical (unpaired) electrons. The zero-order valence-electron chi connectivity index (χ0n) is 19.0. The van der Waals surface area contributed by atoms with Crippen LogP contribution in [0.15, 0.2) is 71.6 Å². The molecule has 0 spiro atoms. The number of nitrogens with one attached hydrogen (secondary N) is 1. The van der Waals surface area contributed by atoms with Crippen LogP contribution in [0.4, 0.5) is 0 Å². The Hall–Kier alpha value is -3.54. The van der Waals surface area contributed by atoms with Crippen LogP contribution in [0.2, 0.25) is 0 Å². The zero-order valence-corrected chi connectivity index (χ0v) is 19.0. The van der Waals surface area contributed by atoms with Crippen LogP contribution in [0.1, 0.15) is 50.2 Å². The summed E-state index contributed by atoms with van der Waals surface area (Å²) in [6, 6.07) is 15.7. The summed E-state index contributed by atoms with van der Waals surface area (Å²) in [4.78, 5) is 26.8. The highest BCUT2D eigenvalue weighted by Gasteiger charge is 2.45. The van der Waals surface area contributed by atoms with Gasteiger partial charge in [-0.3, -0.25) is 4.79 Å². The SMILES string of the molecule is CC1=C(C(=O)OC(C)C)C(c2ccc3c(c2)OCO3)C2C(=O)CC(c3ccccc3)C=C2N1. The number of ketones is 1. The molecule has 0 fully saturated rings. The third-order valence-corrected chi connectivity index (χ3v) is 6.41. The summed E-state index contributed by atoms with van der Waals surface area (Å²) in [5.41, 5.74) is 3.95. The third kappa shape index (κ3) is 3.90. The van der Waals surface area contributed by atoms with Gasteiger partial charge < -0.3 is 19.5 Å². The lowest BCUT2D eigenvalue weighted by Crippen LogP contribution is -2.42. The molecule has 170 valence electrons. The average Bonchev–Trinajstić information content (AvgIpc) is 3.26. The number of carbonyl (C=O) groups excluding carboxylic acids is 2. The monoisotopic (exact) mass is 445 g/mol. The van der Waals surface area contributed by atoms with Crippen LogP contribution in [0.3, 0.4) is 0 Å². The molecule has 5 rings (SSSR count). The maximum Gasteiger partial charge on any atom is 0.336 e. The van der Waals surface area contributed by atoms with E-state index in [-0.39, 0.29) is 24.6 Å². The minimum atomic E-state index is -0.497. The summed E-state index contributed by atoms with van der Waals surface area (Å²) in [6.07, 6.45) is 2.25. The van der Waals surface area contributed by atoms with Gasteiger partial charge in [0.15, 0.2) is 11.5 Å². The summed E-state index contributed by atoms with van der Waals surface area (Å²) >= 11 is 0. The van der Waals surface area contributed by atoms with Crippen LogP contribution < -0.4 is 14.8 Å². The number of esters is 1. The Morgan fingerprint density at radius 2 is 1.79 bits per heavy atom. The summed E-state index contributed by atoms with van der Waals surface area (Å²) in [5, 5.41) is 3.37. The molecule has 2 aromatic carbocycles. The first-order chi connectivity index (χ1) is 15.9. The number of ether oxygens (including phenoxy) is 3. The number of Topliss-reactive ketones (excluding diaryl/α,β-unsaturated/α-hetero) is 1. The van der Waals surface area contributed by atoms with Crippen LogP contribution >= 0.6 is 0 Å². The lowest BCUT2D eigenvalue weighted by molar-refractivity contribution is -0.143. The van der Waals surface area contributed by atoms with Gasteiger partial charge in [0.2, 0.25) is 6.79 Å². The standard InChI is InChI=1S/C27H27NO5/c1-15(2)33-27(30)24-16(3)28-20-11-19(17-7-5-4-6-8-17)12-21(29)26(20)25(24)18-9-10-22-23(13-18)32-14-31-22/h4-11,13,15,19,25-26,28H,12,14H2,1-3H3. The number of fused-ring (bicyclic) bond motifs is 2. The van der Waals surface area contributed by atoms with E-state index in [1.807, 2.05) is 69.3 Å². The van der Waals surface area contributed by atoms with Crippen molar-refractivity contribution in [2.75, 3.05) is 6.79 Å². The number of allylic oxidation sites excluding steroid dienone is 3. The van der Waals surface area contributed by atoms with E-state index in [4.69, 9.17) is 14.2 Å². The van der Waals surface area contributed by atoms with E-state index in [2.05, 4.69) is 11.4 Å². The van der Waals surface area contributed by atoms with E-state index in [1.165, 1.54) is 0 Å². The molecule has 0 amide bonds. The molecule has 2 aliphatic heterocycles. The van der Waals surface area contributed by atoms with Crippen molar-refractivity contribution < 1.29 is 23.8 Å². The fraction of sp³-hybridized carbons (Fsp3) is 0.333. The van der Waals surface area contributed by atoms with Gasteiger partial charge in [-0.15, -0.1) is 0 Å². The largest absolute Gasteiger partial charge is 0.460 e. The Morgan fingerprint density at radius 3 is 2.55 bits per heavy atom. The summed E-state index contributed by atoms with van der Waals surface area (Å²) in [6.45, 7) is 5.67. The maximum atomic E-state index is 13.6. The van der Waals surface area contributed by atoms with Crippen molar-refractivity contribution in [3.05, 3.63) is 82.7 Å². The number of benzene rings is 2. The van der Waals surface area contributed by atoms with Gasteiger partial charge in [-0.25, -0.2) is 4.79 Å². The molecule has 0 bridgehead atoms. The van der Waals surface area contributed by atoms with Gasteiger partial charge in [-0.1, -0.05) is 42.5 Å². The van der Waals surface area contributed by atoms with Gasteiger partial charge in [0, 0.05) is 29.7 Å². The first kappa shape index (κ1) is 21.3. The van der Waals surface area contributed by atoms with E-state index in [0.717, 1.165) is 16.8 Å². The molecule has 0 saturated carbocycles. The first-order valence-corrected chi connectivity index (χ1v) is 11.3. The van der Waals surface area contributed by atoms with Crippen LogP contribution in [-0.2, 0) is 14.3 Å². The van der Waals surface area contributed by atoms with E-state index in [1.54, 1.807) is 0 Å². The van der Waals surface area contributed by atoms with E-state index < -0.39 is 17.8 Å². The smallest absolute Gasteiger partial charge is 0.336 e. The summed E-state index contributed by atoms with van der Waals surface area (Å²) in [7, 11) is 0. The average molecular weight is 446 g/mol. The molecule has 3 unspecified atom stereocenters. The fourth-order valence-corrected chi connectivity index (χ4v) is 5.00. The Labute approximate surface area is 193 Å². The topological polar surface area (TPSA) is 73.9 Å². The molecular formula is C27H27NO5. The number of hydrogen-bond acceptors (Lipinski definition) is 6. The molecule has 1 N–H and O–H groups in total. The molecule has 6 nitrogen and oxygen atoms in total. The highest BCUT2D eigenvalue weighted by Crippen LogP contribution is 2.48. The van der Waals surface area contributed by atoms with Crippen molar-refractivity contribution in [3.63, 3.8) is 0 Å². The minimum absolute atomic E-state index is 0.00757. The molecule has 33 heavy (non-hydrogen) atoms. The lowest BCUT2D eigenvalue weighted by Gasteiger charge is -2.39. The van der Waals surface area contributed by atoms with Crippen molar-refractivity contribution >= 4 is 11.8 Å². The van der Waals surface area contributed by atoms with E-state index in [0.29, 0.717) is 29.2 Å². The third-order valence-electron chi connectivity index (χ3n) is 6.41. The van der Waals surface area contributed by atoms with Crippen LogP contribution in [0.25, 0.3) is 0 Å². The predicted octanol–water partition coefficient (Wildman–Crippen LogP) is 4.58. The molecule has 1 aliphatic carbocycles. The second-order valence-corrected chi connectivity index (χ2v) is 9.00. The van der Waals surface area contributed by atoms with Crippen molar-refractivity contribution in [2.24, 2.45) is 5.92 Å². The van der Waals surface area contributed by atoms with Gasteiger partial charge >= 0.3 is 5.97 Å². The maximum absolute atomic E-state index is 13.6. The van der Waals surface area contributed by atoms with Crippen molar-refractivity contribution in [2.45, 2.75) is 45.1 Å². The normalized spacial score (nSPS) is 23.7. The van der Waals surface area contributed by atoms with Crippen LogP contribution in [0, 0.1) is 5.92 Å². The fourth-order valence-electron chi connectivity index (χ4n) is 5.00. The first-order valence-electron chi connectivity index (χ1n) is 11.3. The summed E-state index contributed by atoms with van der Waals surface area (Å²) in [5.74, 6) is -0.00242. The zero-order chi connectivity index (χ0) is 23.1. The Morgan fingerprint density at radius 1 is 1.03 bits per heavy atom. The van der Waals surface area contributed by atoms with Gasteiger partial charge in [0.05, 0.1) is 17.6 Å². The second-order valence-electron chi connectivity index (χ2n) is 9.00. The van der Waals surface area contributed by atoms with Crippen LogP contribution in [0.5, 0.6) is 11.5 Å². The van der Waals surface area contributed by atoms with E-state index >= 15 is 0 Å². The van der Waals surface area contributed by atoms with Gasteiger partial charge in [0.25, 0.3) is 0 Å². The molecule has 2 aromatic rings. The van der Waals surface area contributed by atoms with Gasteiger partial charge in [0.1, 0.15) is 5.78 Å². The molecule has 3 aliphatic rings. The number of rotatable bonds is 4. The predicted molar refractivity (Wildman–Crippen MR) is 123 cm³/mol. The highest BCUT2D eigenvalue weighted by atomic mass is 16.7. The molecule has 2 heterocycles. The lowest BCUT2D eigenvalue weighted by atomic mass is 9.68. The molecule has 6 heteroatoms. The summed E-state index contributed by atoms with van der Waals surface area (Å²) < 4.78 is 16.6. The minimum Gasteiger partial charge on any atom is -0.460 e. The Balaban J connectivity index is 1.62. The van der Waals surface area contributed by atoms with Crippen molar-refractivity contribution in [1.82, 2.24) is 5.32 Å². The molecule has 0 aromatic heterocycles. The Kier molecular flexibility index (Phi) is 5.44. The number of carbonyl (C=O) groups is 2.